The molecule has 4 rings (SSSR count). The van der Waals surface area contributed by atoms with Crippen LogP contribution in [0.1, 0.15) is 61.4 Å². The second kappa shape index (κ2) is 12.4. The van der Waals surface area contributed by atoms with Crippen molar-refractivity contribution in [1.29, 1.82) is 0 Å². The van der Waals surface area contributed by atoms with Crippen LogP contribution in [0.2, 0.25) is 0 Å². The van der Waals surface area contributed by atoms with E-state index in [1.807, 2.05) is 44.2 Å². The average Bonchev–Trinajstić information content (AvgIpc) is 3.17. The number of Topliss-reactive ketones (excluding diaryl/α,β-unsaturated/α-hetero) is 1. The molecule has 7 heteroatoms. The highest BCUT2D eigenvalue weighted by atomic mass is 16.5. The van der Waals surface area contributed by atoms with Crippen molar-refractivity contribution in [2.24, 2.45) is 0 Å². The van der Waals surface area contributed by atoms with Crippen molar-refractivity contribution in [2.75, 3.05) is 13.2 Å². The summed E-state index contributed by atoms with van der Waals surface area (Å²) in [6.45, 7) is 7.12. The molecule has 1 unspecified atom stereocenters. The number of aliphatic hydroxyl groups is 1. The Kier molecular flexibility index (Phi) is 8.79. The molecule has 7 nitrogen and oxygen atoms in total. The maximum Gasteiger partial charge on any atom is 0.295 e. The van der Waals surface area contributed by atoms with E-state index in [2.05, 4.69) is 11.9 Å². The van der Waals surface area contributed by atoms with Crippen LogP contribution in [0.4, 0.5) is 0 Å². The Morgan fingerprint density at radius 3 is 2.47 bits per heavy atom. The monoisotopic (exact) mass is 514 g/mol. The van der Waals surface area contributed by atoms with Crippen molar-refractivity contribution in [3.8, 4) is 11.5 Å². The molecule has 1 N–H and O–H groups in total. The van der Waals surface area contributed by atoms with Crippen molar-refractivity contribution >= 4 is 17.4 Å². The molecule has 38 heavy (non-hydrogen) atoms. The Bertz CT molecular complexity index is 1300. The molecular weight excluding hydrogens is 480 g/mol. The standard InChI is InChI=1S/C31H34N2O5/c1-4-6-7-17-38-25-15-14-24(18-26(25)37-5-2)28-27(29(34)23-12-10-21(3)11-13-23)30(35)31(36)33(28)20-22-9-8-16-32-19-22/h8-16,18-19,28,34H,4-7,17,20H2,1-3H3/b29-27+. The summed E-state index contributed by atoms with van der Waals surface area (Å²) in [7, 11) is 0. The van der Waals surface area contributed by atoms with E-state index in [1.165, 1.54) is 4.90 Å². The fourth-order valence-electron chi connectivity index (χ4n) is 4.56. The molecule has 1 aromatic heterocycles. The number of ketones is 1. The normalized spacial score (nSPS) is 16.6. The van der Waals surface area contributed by atoms with Crippen molar-refractivity contribution in [3.63, 3.8) is 0 Å². The van der Waals surface area contributed by atoms with Gasteiger partial charge in [-0.05, 0) is 49.6 Å². The minimum Gasteiger partial charge on any atom is -0.507 e. The minimum atomic E-state index is -0.815. The van der Waals surface area contributed by atoms with E-state index < -0.39 is 17.7 Å². The third-order valence-corrected chi connectivity index (χ3v) is 6.53. The average molecular weight is 515 g/mol. The zero-order valence-electron chi connectivity index (χ0n) is 22.1. The van der Waals surface area contributed by atoms with Crippen LogP contribution in [0.25, 0.3) is 5.76 Å². The number of carbonyl (C=O) groups excluding carboxylic acids is 2. The Labute approximate surface area is 223 Å². The highest BCUT2D eigenvalue weighted by Crippen LogP contribution is 2.42. The van der Waals surface area contributed by atoms with Gasteiger partial charge in [-0.2, -0.15) is 0 Å². The van der Waals surface area contributed by atoms with E-state index in [-0.39, 0.29) is 17.9 Å². The first kappa shape index (κ1) is 26.9. The number of unbranched alkanes of at least 4 members (excludes halogenated alkanes) is 2. The van der Waals surface area contributed by atoms with Gasteiger partial charge in [-0.1, -0.05) is 61.7 Å². The van der Waals surface area contributed by atoms with Gasteiger partial charge in [0.15, 0.2) is 11.5 Å². The first-order valence-corrected chi connectivity index (χ1v) is 13.1. The number of ether oxygens (including phenoxy) is 2. The molecular formula is C31H34N2O5. The number of likely N-dealkylation sites (tertiary alicyclic amines) is 1. The van der Waals surface area contributed by atoms with Crippen LogP contribution in [0.15, 0.2) is 72.6 Å². The van der Waals surface area contributed by atoms with Crippen LogP contribution in [0.3, 0.4) is 0 Å². The Morgan fingerprint density at radius 2 is 1.79 bits per heavy atom. The van der Waals surface area contributed by atoms with Gasteiger partial charge in [0.1, 0.15) is 5.76 Å². The summed E-state index contributed by atoms with van der Waals surface area (Å²) in [5.74, 6) is -0.474. The first-order chi connectivity index (χ1) is 18.4. The van der Waals surface area contributed by atoms with Gasteiger partial charge in [0.2, 0.25) is 0 Å². The topological polar surface area (TPSA) is 89.0 Å². The van der Waals surface area contributed by atoms with Crippen LogP contribution in [-0.2, 0) is 16.1 Å². The number of aryl methyl sites for hydroxylation is 1. The molecule has 0 saturated carbocycles. The molecule has 1 atom stereocenters. The Morgan fingerprint density at radius 1 is 1.00 bits per heavy atom. The molecule has 1 amide bonds. The van der Waals surface area contributed by atoms with Crippen molar-refractivity contribution in [2.45, 2.75) is 52.6 Å². The van der Waals surface area contributed by atoms with Crippen LogP contribution < -0.4 is 9.47 Å². The molecule has 0 aliphatic carbocycles. The lowest BCUT2D eigenvalue weighted by Crippen LogP contribution is -2.29. The van der Waals surface area contributed by atoms with Crippen LogP contribution in [0, 0.1) is 6.92 Å². The number of amides is 1. The lowest BCUT2D eigenvalue weighted by Gasteiger charge is -2.26. The zero-order valence-corrected chi connectivity index (χ0v) is 22.1. The fraction of sp³-hybridized carbons (Fsp3) is 0.323. The van der Waals surface area contributed by atoms with E-state index in [1.54, 1.807) is 36.7 Å². The third-order valence-electron chi connectivity index (χ3n) is 6.53. The van der Waals surface area contributed by atoms with Gasteiger partial charge in [0, 0.05) is 24.5 Å². The molecule has 3 aromatic rings. The fourth-order valence-corrected chi connectivity index (χ4v) is 4.56. The molecule has 1 aliphatic heterocycles. The molecule has 1 saturated heterocycles. The number of hydrogen-bond donors (Lipinski definition) is 1. The largest absolute Gasteiger partial charge is 0.507 e. The lowest BCUT2D eigenvalue weighted by atomic mass is 9.94. The first-order valence-electron chi connectivity index (χ1n) is 13.1. The number of hydrogen-bond acceptors (Lipinski definition) is 6. The van der Waals surface area contributed by atoms with E-state index in [0.29, 0.717) is 35.8 Å². The highest BCUT2D eigenvalue weighted by Gasteiger charge is 2.46. The number of pyridine rings is 1. The van der Waals surface area contributed by atoms with Gasteiger partial charge < -0.3 is 19.5 Å². The molecule has 2 heterocycles. The number of rotatable bonds is 11. The van der Waals surface area contributed by atoms with E-state index >= 15 is 0 Å². The predicted molar refractivity (Wildman–Crippen MR) is 146 cm³/mol. The summed E-state index contributed by atoms with van der Waals surface area (Å²) in [4.78, 5) is 32.3. The van der Waals surface area contributed by atoms with Gasteiger partial charge in [-0.3, -0.25) is 14.6 Å². The number of aromatic nitrogens is 1. The molecule has 1 aliphatic rings. The van der Waals surface area contributed by atoms with E-state index in [0.717, 1.165) is 30.4 Å². The molecule has 0 radical (unpaired) electrons. The van der Waals surface area contributed by atoms with Crippen LogP contribution >= 0.6 is 0 Å². The highest BCUT2D eigenvalue weighted by molar-refractivity contribution is 6.46. The Hall–Kier alpha value is -4.13. The number of nitrogens with zero attached hydrogens (tertiary/aromatic N) is 2. The second-order valence-corrected chi connectivity index (χ2v) is 9.35. The summed E-state index contributed by atoms with van der Waals surface area (Å²) in [6, 6.07) is 15.5. The molecule has 1 fully saturated rings. The second-order valence-electron chi connectivity index (χ2n) is 9.35. The van der Waals surface area contributed by atoms with Gasteiger partial charge in [-0.15, -0.1) is 0 Å². The number of carbonyl (C=O) groups is 2. The summed E-state index contributed by atoms with van der Waals surface area (Å²) in [5, 5.41) is 11.3. The summed E-state index contributed by atoms with van der Waals surface area (Å²) >= 11 is 0. The van der Waals surface area contributed by atoms with Crippen LogP contribution in [0.5, 0.6) is 11.5 Å². The summed E-state index contributed by atoms with van der Waals surface area (Å²) in [5.41, 5.74) is 2.95. The number of aliphatic hydroxyl groups excluding tert-OH is 1. The Balaban J connectivity index is 1.80. The maximum absolute atomic E-state index is 13.4. The molecule has 0 spiro atoms. The van der Waals surface area contributed by atoms with Gasteiger partial charge in [-0.25, -0.2) is 0 Å². The molecule has 198 valence electrons. The van der Waals surface area contributed by atoms with Gasteiger partial charge in [0.05, 0.1) is 24.8 Å². The summed E-state index contributed by atoms with van der Waals surface area (Å²) < 4.78 is 11.9. The molecule has 0 bridgehead atoms. The van der Waals surface area contributed by atoms with Crippen molar-refractivity contribution in [1.82, 2.24) is 9.88 Å². The smallest absolute Gasteiger partial charge is 0.295 e. The molecule has 2 aromatic carbocycles. The SMILES string of the molecule is CCCCCOc1ccc(C2/C(=C(\O)c3ccc(C)cc3)C(=O)C(=O)N2Cc2cccnc2)cc1OCC. The van der Waals surface area contributed by atoms with E-state index in [4.69, 9.17) is 9.47 Å². The van der Waals surface area contributed by atoms with Gasteiger partial charge in [0.25, 0.3) is 11.7 Å². The van der Waals surface area contributed by atoms with Gasteiger partial charge >= 0.3 is 0 Å². The predicted octanol–water partition coefficient (Wildman–Crippen LogP) is 5.98. The minimum absolute atomic E-state index is 0.0433. The zero-order chi connectivity index (χ0) is 27.1. The third kappa shape index (κ3) is 5.88. The van der Waals surface area contributed by atoms with Crippen LogP contribution in [-0.4, -0.2) is 39.9 Å². The van der Waals surface area contributed by atoms with Crippen molar-refractivity contribution in [3.05, 3.63) is 94.8 Å². The quantitative estimate of drug-likeness (QED) is 0.147. The van der Waals surface area contributed by atoms with E-state index in [9.17, 15) is 14.7 Å². The summed E-state index contributed by atoms with van der Waals surface area (Å²) in [6.07, 6.45) is 6.42. The number of benzene rings is 2. The maximum atomic E-state index is 13.4. The lowest BCUT2D eigenvalue weighted by molar-refractivity contribution is -0.140. The van der Waals surface area contributed by atoms with Crippen molar-refractivity contribution < 1.29 is 24.2 Å².